The number of allylic oxidation sites excluding steroid dienone is 12. The van der Waals surface area contributed by atoms with Crippen molar-refractivity contribution >= 4 is 16.9 Å². The number of likely N-dealkylation sites (tertiary alicyclic amines) is 1. The van der Waals surface area contributed by atoms with Gasteiger partial charge in [0, 0.05) is 48.1 Å². The molecule has 3 aromatic rings. The van der Waals surface area contributed by atoms with E-state index in [1.807, 2.05) is 19.9 Å². The molecule has 0 N–H and O–H groups in total. The Morgan fingerprint density at radius 2 is 1.56 bits per heavy atom. The van der Waals surface area contributed by atoms with Gasteiger partial charge in [0.05, 0.1) is 5.69 Å². The normalized spacial score (nSPS) is 17.4. The number of rotatable bonds is 20. The van der Waals surface area contributed by atoms with Crippen LogP contribution < -0.4 is 5.56 Å². The molecule has 1 unspecified atom stereocenters. The Kier molecular flexibility index (Phi) is 17.1. The first-order valence-electron chi connectivity index (χ1n) is 19.9. The monoisotopic (exact) mass is 752 g/mol. The zero-order valence-electron chi connectivity index (χ0n) is 32.5. The third kappa shape index (κ3) is 13.0. The summed E-state index contributed by atoms with van der Waals surface area (Å²) in [5.41, 5.74) is 2.84. The van der Waals surface area contributed by atoms with Crippen LogP contribution in [0.25, 0.3) is 11.0 Å². The van der Waals surface area contributed by atoms with Gasteiger partial charge in [-0.05, 0) is 110 Å². The summed E-state index contributed by atoms with van der Waals surface area (Å²) in [4.78, 5) is 33.2. The van der Waals surface area contributed by atoms with Crippen LogP contribution in [0.2, 0.25) is 0 Å². The van der Waals surface area contributed by atoms with Gasteiger partial charge in [0.2, 0.25) is 0 Å². The Balaban J connectivity index is 0.961. The maximum absolute atomic E-state index is 13.6. The lowest BCUT2D eigenvalue weighted by Crippen LogP contribution is -2.38. The molecule has 0 bridgehead atoms. The zero-order valence-corrected chi connectivity index (χ0v) is 32.5. The number of benzene rings is 1. The van der Waals surface area contributed by atoms with Gasteiger partial charge in [-0.2, -0.15) is 0 Å². The van der Waals surface area contributed by atoms with Gasteiger partial charge >= 0.3 is 5.97 Å². The predicted octanol–water partition coefficient (Wildman–Crippen LogP) is 9.69. The van der Waals surface area contributed by atoms with Gasteiger partial charge in [-0.3, -0.25) is 14.2 Å². The number of nitrogens with zero attached hydrogens (tertiary/aromatic N) is 4. The summed E-state index contributed by atoms with van der Waals surface area (Å²) in [6.45, 7) is 6.89. The Bertz CT molecular complexity index is 1910. The van der Waals surface area contributed by atoms with Gasteiger partial charge in [-0.15, -0.1) is 0 Å². The second-order valence-corrected chi connectivity index (χ2v) is 14.1. The minimum atomic E-state index is -0.399. The fourth-order valence-corrected chi connectivity index (χ4v) is 7.09. The van der Waals surface area contributed by atoms with Crippen LogP contribution in [0.4, 0.5) is 4.39 Å². The summed E-state index contributed by atoms with van der Waals surface area (Å²) >= 11 is 0. The number of ether oxygens (including phenoxy) is 2. The molecule has 5 rings (SSSR count). The second kappa shape index (κ2) is 22.6. The number of fused-ring (bicyclic) bond motifs is 2. The van der Waals surface area contributed by atoms with E-state index in [1.54, 1.807) is 10.6 Å². The van der Waals surface area contributed by atoms with Crippen molar-refractivity contribution in [2.75, 3.05) is 26.4 Å². The van der Waals surface area contributed by atoms with Crippen LogP contribution >= 0.6 is 0 Å². The maximum Gasteiger partial charge on any atom is 0.308 e. The third-order valence-electron chi connectivity index (χ3n) is 10.2. The standard InChI is InChI=1S/C45H57FN4O5/c1-3-4-5-6-7-8-9-10-11-12-13-14-15-16-17-18-19-20-23-42(51)54-34-53-40-22-21-29-50-44(40)47-35(2)38(45(50)52)28-32-49-30-26-36(27-31-49)43-39-25-24-37(46)33-41(39)55-48-43/h3-4,6-7,9-10,12-13,15-16,18-19,24-25,33,36,40H,5,8,11,14,17,20-23,26-32,34H2,1-2H3. The van der Waals surface area contributed by atoms with E-state index in [4.69, 9.17) is 19.0 Å². The second-order valence-electron chi connectivity index (χ2n) is 14.1. The van der Waals surface area contributed by atoms with Crippen LogP contribution in [0.5, 0.6) is 0 Å². The van der Waals surface area contributed by atoms with E-state index >= 15 is 0 Å². The zero-order chi connectivity index (χ0) is 38.7. The molecule has 1 saturated heterocycles. The lowest BCUT2D eigenvalue weighted by Gasteiger charge is -2.31. The molecule has 294 valence electrons. The van der Waals surface area contributed by atoms with Crippen molar-refractivity contribution in [2.45, 2.75) is 109 Å². The van der Waals surface area contributed by atoms with Crippen LogP contribution in [0.15, 0.2) is 100 Å². The number of carbonyl (C=O) groups excluding carboxylic acids is 1. The van der Waals surface area contributed by atoms with Crippen LogP contribution in [0.3, 0.4) is 0 Å². The topological polar surface area (TPSA) is 99.7 Å². The number of hydrogen-bond donors (Lipinski definition) is 0. The number of aryl methyl sites for hydroxylation is 1. The van der Waals surface area contributed by atoms with Crippen molar-refractivity contribution in [1.82, 2.24) is 19.6 Å². The summed E-state index contributed by atoms with van der Waals surface area (Å²) in [6, 6.07) is 4.58. The van der Waals surface area contributed by atoms with Crippen LogP contribution in [0, 0.1) is 12.7 Å². The average molecular weight is 753 g/mol. The van der Waals surface area contributed by atoms with E-state index in [0.717, 1.165) is 93.3 Å². The fraction of sp³-hybridized carbons (Fsp3) is 0.467. The highest BCUT2D eigenvalue weighted by atomic mass is 19.1. The lowest BCUT2D eigenvalue weighted by atomic mass is 9.91. The molecule has 0 spiro atoms. The predicted molar refractivity (Wildman–Crippen MR) is 216 cm³/mol. The molecule has 1 atom stereocenters. The highest BCUT2D eigenvalue weighted by Gasteiger charge is 2.28. The molecule has 0 radical (unpaired) electrons. The number of aromatic nitrogens is 3. The fourth-order valence-electron chi connectivity index (χ4n) is 7.09. The molecule has 2 aliphatic rings. The molecule has 1 fully saturated rings. The van der Waals surface area contributed by atoms with Crippen molar-refractivity contribution < 1.29 is 23.2 Å². The quantitative estimate of drug-likeness (QED) is 0.0639. The van der Waals surface area contributed by atoms with Gasteiger partial charge < -0.3 is 18.9 Å². The summed E-state index contributed by atoms with van der Waals surface area (Å²) in [7, 11) is 0. The highest BCUT2D eigenvalue weighted by Crippen LogP contribution is 2.33. The van der Waals surface area contributed by atoms with Crippen LogP contribution in [-0.2, 0) is 27.2 Å². The number of piperidine rings is 1. The summed E-state index contributed by atoms with van der Waals surface area (Å²) in [6.07, 6.45) is 34.8. The minimum absolute atomic E-state index is 0.00918. The van der Waals surface area contributed by atoms with E-state index in [2.05, 4.69) is 76.9 Å². The van der Waals surface area contributed by atoms with Gasteiger partial charge in [0.15, 0.2) is 12.4 Å². The molecule has 10 heteroatoms. The largest absolute Gasteiger partial charge is 0.438 e. The first-order chi connectivity index (χ1) is 26.9. The Hall–Kier alpha value is -4.67. The SMILES string of the molecule is CC=CCC=CCC=CCC=CCC=CCC=CCCC(=O)OCOC1CCCn2c1nc(C)c(CCN1CCC(c3noc4cc(F)ccc34)CC1)c2=O. The molecule has 0 amide bonds. The molecule has 0 saturated carbocycles. The number of halogens is 1. The van der Waals surface area contributed by atoms with E-state index in [0.29, 0.717) is 37.2 Å². The molecular weight excluding hydrogens is 696 g/mol. The van der Waals surface area contributed by atoms with Crippen molar-refractivity contribution in [3.05, 3.63) is 130 Å². The smallest absolute Gasteiger partial charge is 0.308 e. The lowest BCUT2D eigenvalue weighted by molar-refractivity contribution is -0.162. The summed E-state index contributed by atoms with van der Waals surface area (Å²) in [5, 5.41) is 5.14. The molecule has 4 heterocycles. The highest BCUT2D eigenvalue weighted by molar-refractivity contribution is 5.79. The molecule has 2 aromatic heterocycles. The summed E-state index contributed by atoms with van der Waals surface area (Å²) < 4.78 is 32.0. The first kappa shape index (κ1) is 41.5. The first-order valence-corrected chi connectivity index (χ1v) is 19.9. The Labute approximate surface area is 325 Å². The number of carbonyl (C=O) groups is 1. The number of hydrogen-bond acceptors (Lipinski definition) is 8. The molecule has 0 aliphatic carbocycles. The third-order valence-corrected chi connectivity index (χ3v) is 10.2. The molecular formula is C45H57FN4O5. The van der Waals surface area contributed by atoms with Crippen LogP contribution in [-0.4, -0.2) is 52.0 Å². The number of esters is 1. The average Bonchev–Trinajstić information content (AvgIpc) is 3.61. The van der Waals surface area contributed by atoms with Crippen LogP contribution in [0.1, 0.15) is 112 Å². The molecule has 2 aliphatic heterocycles. The van der Waals surface area contributed by atoms with E-state index in [-0.39, 0.29) is 36.5 Å². The van der Waals surface area contributed by atoms with Crippen molar-refractivity contribution in [2.24, 2.45) is 0 Å². The molecule has 1 aromatic carbocycles. The van der Waals surface area contributed by atoms with Gasteiger partial charge in [0.1, 0.15) is 17.7 Å². The van der Waals surface area contributed by atoms with Gasteiger partial charge in [-0.25, -0.2) is 9.37 Å². The van der Waals surface area contributed by atoms with Crippen molar-refractivity contribution in [3.63, 3.8) is 0 Å². The van der Waals surface area contributed by atoms with Crippen molar-refractivity contribution in [1.29, 1.82) is 0 Å². The Morgan fingerprint density at radius 3 is 2.24 bits per heavy atom. The minimum Gasteiger partial charge on any atom is -0.438 e. The molecule has 55 heavy (non-hydrogen) atoms. The van der Waals surface area contributed by atoms with E-state index in [9.17, 15) is 14.0 Å². The molecule has 9 nitrogen and oxygen atoms in total. The van der Waals surface area contributed by atoms with E-state index in [1.165, 1.54) is 12.1 Å². The van der Waals surface area contributed by atoms with E-state index < -0.39 is 6.10 Å². The maximum atomic E-state index is 13.6. The summed E-state index contributed by atoms with van der Waals surface area (Å²) in [5.74, 6) is 0.224. The Morgan fingerprint density at radius 1 is 0.909 bits per heavy atom. The van der Waals surface area contributed by atoms with Gasteiger partial charge in [-0.1, -0.05) is 78.1 Å². The van der Waals surface area contributed by atoms with Crippen molar-refractivity contribution in [3.8, 4) is 0 Å². The van der Waals surface area contributed by atoms with Gasteiger partial charge in [0.25, 0.3) is 5.56 Å².